The van der Waals surface area contributed by atoms with Crippen LogP contribution in [0.25, 0.3) is 0 Å². The molecular weight excluding hydrogens is 306 g/mol. The fraction of sp³-hybridized carbons (Fsp3) is 0.444. The van der Waals surface area contributed by atoms with Gasteiger partial charge in [-0.2, -0.15) is 0 Å². The normalized spacial score (nSPS) is 19.9. The van der Waals surface area contributed by atoms with Gasteiger partial charge in [-0.25, -0.2) is 4.79 Å². The zero-order valence-electron chi connectivity index (χ0n) is 14.1. The Hall–Kier alpha value is -2.50. The molecule has 24 heavy (non-hydrogen) atoms. The molecule has 0 saturated carbocycles. The number of carbonyl (C=O) groups is 2. The summed E-state index contributed by atoms with van der Waals surface area (Å²) in [6.45, 7) is 3.35. The molecule has 0 bridgehead atoms. The fourth-order valence-corrected chi connectivity index (χ4v) is 3.21. The van der Waals surface area contributed by atoms with Crippen LogP contribution in [0.15, 0.2) is 35.5 Å². The van der Waals surface area contributed by atoms with Crippen LogP contribution in [0.1, 0.15) is 37.8 Å². The van der Waals surface area contributed by atoms with Crippen LogP contribution in [-0.2, 0) is 4.79 Å². The quantitative estimate of drug-likeness (QED) is 0.787. The van der Waals surface area contributed by atoms with Gasteiger partial charge >= 0.3 is 6.03 Å². The molecule has 0 aromatic heterocycles. The lowest BCUT2D eigenvalue weighted by atomic mass is 9.96. The predicted octanol–water partition coefficient (Wildman–Crippen LogP) is 2.34. The highest BCUT2D eigenvalue weighted by atomic mass is 16.5. The molecule has 2 N–H and O–H groups in total. The fourth-order valence-electron chi connectivity index (χ4n) is 3.21. The van der Waals surface area contributed by atoms with E-state index >= 15 is 0 Å². The zero-order valence-corrected chi connectivity index (χ0v) is 14.1. The first-order valence-electron chi connectivity index (χ1n) is 8.37. The molecular formula is C18H23N3O3. The number of benzene rings is 1. The maximum Gasteiger partial charge on any atom is 0.319 e. The van der Waals surface area contributed by atoms with Gasteiger partial charge in [0, 0.05) is 6.54 Å². The Morgan fingerprint density at radius 2 is 1.96 bits per heavy atom. The molecule has 0 fully saturated rings. The van der Waals surface area contributed by atoms with E-state index in [1.54, 1.807) is 7.11 Å². The molecule has 128 valence electrons. The van der Waals surface area contributed by atoms with Crippen LogP contribution in [0.4, 0.5) is 4.79 Å². The van der Waals surface area contributed by atoms with Crippen molar-refractivity contribution in [3.05, 3.63) is 41.1 Å². The van der Waals surface area contributed by atoms with Gasteiger partial charge in [0.05, 0.1) is 31.0 Å². The number of hydrogen-bond acceptors (Lipinski definition) is 3. The number of methoxy groups -OCH3 is 1. The SMILES string of the molecule is CCCCCN1CC2=C(C1=O)C(c1ccc(OC)cc1)NC(=O)N2. The Balaban J connectivity index is 1.83. The molecule has 2 aliphatic rings. The number of unbranched alkanes of at least 4 members (excludes halogenated alkanes) is 2. The molecule has 1 aromatic rings. The van der Waals surface area contributed by atoms with Crippen LogP contribution in [0.3, 0.4) is 0 Å². The first-order valence-corrected chi connectivity index (χ1v) is 8.37. The predicted molar refractivity (Wildman–Crippen MR) is 90.5 cm³/mol. The first kappa shape index (κ1) is 16.4. The summed E-state index contributed by atoms with van der Waals surface area (Å²) in [5.41, 5.74) is 2.25. The molecule has 6 heteroatoms. The lowest BCUT2D eigenvalue weighted by Crippen LogP contribution is -2.44. The number of nitrogens with one attached hydrogen (secondary N) is 2. The number of amides is 3. The van der Waals surface area contributed by atoms with Gasteiger partial charge in [0.1, 0.15) is 5.75 Å². The highest BCUT2D eigenvalue weighted by Crippen LogP contribution is 2.33. The van der Waals surface area contributed by atoms with Gasteiger partial charge in [-0.15, -0.1) is 0 Å². The van der Waals surface area contributed by atoms with Crippen molar-refractivity contribution >= 4 is 11.9 Å². The molecule has 0 aliphatic carbocycles. The second-order valence-electron chi connectivity index (χ2n) is 6.13. The number of carbonyl (C=O) groups excluding carboxylic acids is 2. The van der Waals surface area contributed by atoms with Crippen LogP contribution in [0.5, 0.6) is 5.75 Å². The lowest BCUT2D eigenvalue weighted by molar-refractivity contribution is -0.125. The van der Waals surface area contributed by atoms with Crippen molar-refractivity contribution < 1.29 is 14.3 Å². The molecule has 0 saturated heterocycles. The third-order valence-electron chi connectivity index (χ3n) is 4.50. The van der Waals surface area contributed by atoms with Crippen molar-refractivity contribution in [1.29, 1.82) is 0 Å². The van der Waals surface area contributed by atoms with Gasteiger partial charge in [0.15, 0.2) is 0 Å². The number of rotatable bonds is 6. The summed E-state index contributed by atoms with van der Waals surface area (Å²) >= 11 is 0. The Morgan fingerprint density at radius 1 is 1.21 bits per heavy atom. The van der Waals surface area contributed by atoms with Crippen molar-refractivity contribution in [1.82, 2.24) is 15.5 Å². The van der Waals surface area contributed by atoms with Gasteiger partial charge in [0.2, 0.25) is 0 Å². The van der Waals surface area contributed by atoms with Crippen LogP contribution in [0.2, 0.25) is 0 Å². The van der Waals surface area contributed by atoms with E-state index in [9.17, 15) is 9.59 Å². The van der Waals surface area contributed by atoms with E-state index in [0.717, 1.165) is 42.8 Å². The van der Waals surface area contributed by atoms with Crippen molar-refractivity contribution in [3.8, 4) is 5.75 Å². The van der Waals surface area contributed by atoms with Crippen molar-refractivity contribution in [2.24, 2.45) is 0 Å². The lowest BCUT2D eigenvalue weighted by Gasteiger charge is -2.25. The molecule has 1 unspecified atom stereocenters. The van der Waals surface area contributed by atoms with E-state index in [-0.39, 0.29) is 11.9 Å². The molecule has 1 atom stereocenters. The molecule has 2 aliphatic heterocycles. The van der Waals surface area contributed by atoms with Gasteiger partial charge < -0.3 is 20.3 Å². The van der Waals surface area contributed by atoms with E-state index in [0.29, 0.717) is 12.1 Å². The summed E-state index contributed by atoms with van der Waals surface area (Å²) in [5.74, 6) is 0.751. The number of nitrogens with zero attached hydrogens (tertiary/aromatic N) is 1. The number of ether oxygens (including phenoxy) is 1. The van der Waals surface area contributed by atoms with Gasteiger partial charge in [-0.1, -0.05) is 31.9 Å². The molecule has 0 radical (unpaired) electrons. The standard InChI is InChI=1S/C18H23N3O3/c1-3-4-5-10-21-11-14-15(17(21)22)16(20-18(23)19-14)12-6-8-13(24-2)9-7-12/h6-9,16H,3-5,10-11H2,1-2H3,(H2,19,20,23). The topological polar surface area (TPSA) is 70.7 Å². The van der Waals surface area contributed by atoms with Crippen molar-refractivity contribution in [2.75, 3.05) is 20.2 Å². The summed E-state index contributed by atoms with van der Waals surface area (Å²) in [6, 6.07) is 6.75. The van der Waals surface area contributed by atoms with Gasteiger partial charge in [-0.3, -0.25) is 4.79 Å². The minimum atomic E-state index is -0.414. The number of hydrogen-bond donors (Lipinski definition) is 2. The minimum Gasteiger partial charge on any atom is -0.497 e. The molecule has 6 nitrogen and oxygen atoms in total. The maximum atomic E-state index is 12.8. The second-order valence-corrected chi connectivity index (χ2v) is 6.13. The molecule has 2 heterocycles. The van der Waals surface area contributed by atoms with Crippen molar-refractivity contribution in [2.45, 2.75) is 32.2 Å². The van der Waals surface area contributed by atoms with Crippen LogP contribution >= 0.6 is 0 Å². The molecule has 0 spiro atoms. The van der Waals surface area contributed by atoms with Crippen LogP contribution in [0, 0.1) is 0 Å². The van der Waals surface area contributed by atoms with E-state index in [1.165, 1.54) is 0 Å². The highest BCUT2D eigenvalue weighted by molar-refractivity contribution is 6.01. The minimum absolute atomic E-state index is 0.00872. The van der Waals surface area contributed by atoms with Crippen LogP contribution < -0.4 is 15.4 Å². The molecule has 1 aromatic carbocycles. The van der Waals surface area contributed by atoms with Crippen LogP contribution in [-0.4, -0.2) is 37.0 Å². The summed E-state index contributed by atoms with van der Waals surface area (Å²) in [7, 11) is 1.61. The zero-order chi connectivity index (χ0) is 17.1. The highest BCUT2D eigenvalue weighted by Gasteiger charge is 2.39. The third kappa shape index (κ3) is 3.09. The van der Waals surface area contributed by atoms with E-state index in [1.807, 2.05) is 29.2 Å². The Labute approximate surface area is 141 Å². The monoisotopic (exact) mass is 329 g/mol. The smallest absolute Gasteiger partial charge is 0.319 e. The average Bonchev–Trinajstić information content (AvgIpc) is 2.90. The largest absolute Gasteiger partial charge is 0.497 e. The summed E-state index contributed by atoms with van der Waals surface area (Å²) in [6.07, 6.45) is 3.19. The summed E-state index contributed by atoms with van der Waals surface area (Å²) in [4.78, 5) is 26.6. The van der Waals surface area contributed by atoms with E-state index in [4.69, 9.17) is 4.74 Å². The molecule has 3 rings (SSSR count). The van der Waals surface area contributed by atoms with Gasteiger partial charge in [0.25, 0.3) is 5.91 Å². The van der Waals surface area contributed by atoms with Gasteiger partial charge in [-0.05, 0) is 24.1 Å². The average molecular weight is 329 g/mol. The third-order valence-corrected chi connectivity index (χ3v) is 4.50. The second kappa shape index (κ2) is 6.95. The first-order chi connectivity index (χ1) is 11.6. The Morgan fingerprint density at radius 3 is 2.62 bits per heavy atom. The summed E-state index contributed by atoms with van der Waals surface area (Å²) < 4.78 is 5.17. The number of urea groups is 1. The molecule has 3 amide bonds. The maximum absolute atomic E-state index is 12.8. The van der Waals surface area contributed by atoms with Crippen molar-refractivity contribution in [3.63, 3.8) is 0 Å². The Kier molecular flexibility index (Phi) is 4.74. The van der Waals surface area contributed by atoms with E-state index in [2.05, 4.69) is 17.6 Å². The van der Waals surface area contributed by atoms with E-state index < -0.39 is 6.04 Å². The summed E-state index contributed by atoms with van der Waals surface area (Å²) in [5, 5.41) is 5.66. The Bertz CT molecular complexity index is 667.